The minimum Gasteiger partial charge on any atom is -0.383 e. The Bertz CT molecular complexity index is 484. The zero-order chi connectivity index (χ0) is 14.2. The van der Waals surface area contributed by atoms with Crippen LogP contribution in [0.2, 0.25) is 0 Å². The maximum atomic E-state index is 5.07. The Balaban J connectivity index is 2.12. The smallest absolute Gasteiger partial charge is 0.127 e. The topological polar surface area (TPSA) is 46.2 Å². The van der Waals surface area contributed by atoms with E-state index in [-0.39, 0.29) is 0 Å². The van der Waals surface area contributed by atoms with Gasteiger partial charge < -0.3 is 15.4 Å². The molecule has 1 saturated carbocycles. The first-order chi connectivity index (χ1) is 9.83. The predicted octanol–water partition coefficient (Wildman–Crippen LogP) is 2.72. The Kier molecular flexibility index (Phi) is 5.69. The number of methoxy groups -OCH3 is 1. The molecule has 0 bridgehead atoms. The van der Waals surface area contributed by atoms with Gasteiger partial charge in [-0.15, -0.1) is 0 Å². The van der Waals surface area contributed by atoms with Crippen molar-refractivity contribution in [3.8, 4) is 11.8 Å². The minimum absolute atomic E-state index is 0.561. The Labute approximate surface area is 121 Å². The Morgan fingerprint density at radius 1 is 1.40 bits per heavy atom. The van der Waals surface area contributed by atoms with Crippen molar-refractivity contribution in [2.75, 3.05) is 37.9 Å². The van der Waals surface area contributed by atoms with Crippen LogP contribution >= 0.6 is 0 Å². The first-order valence-electron chi connectivity index (χ1n) is 7.25. The molecule has 0 amide bonds. The molecule has 1 heterocycles. The average Bonchev–Trinajstić information content (AvgIpc) is 2.99. The van der Waals surface area contributed by atoms with E-state index in [4.69, 9.17) is 4.74 Å². The van der Waals surface area contributed by atoms with Gasteiger partial charge in [0, 0.05) is 38.9 Å². The lowest BCUT2D eigenvalue weighted by molar-refractivity contribution is 0.211. The fraction of sp³-hybridized carbons (Fsp3) is 0.562. The van der Waals surface area contributed by atoms with Crippen LogP contribution in [0, 0.1) is 17.8 Å². The van der Waals surface area contributed by atoms with Crippen molar-refractivity contribution in [2.45, 2.75) is 25.7 Å². The molecule has 1 aliphatic rings. The lowest BCUT2D eigenvalue weighted by Gasteiger charge is -2.10. The number of hydrogen-bond acceptors (Lipinski definition) is 4. The number of aromatic nitrogens is 1. The first-order valence-corrected chi connectivity index (χ1v) is 7.25. The van der Waals surface area contributed by atoms with Crippen molar-refractivity contribution in [1.82, 2.24) is 4.98 Å². The molecule has 4 heteroatoms. The summed E-state index contributed by atoms with van der Waals surface area (Å²) >= 11 is 0. The molecule has 0 aromatic carbocycles. The van der Waals surface area contributed by atoms with Gasteiger partial charge in [0.05, 0.1) is 17.9 Å². The second-order valence-corrected chi connectivity index (χ2v) is 5.04. The van der Waals surface area contributed by atoms with Gasteiger partial charge in [-0.2, -0.15) is 0 Å². The van der Waals surface area contributed by atoms with Crippen molar-refractivity contribution in [3.05, 3.63) is 17.8 Å². The second-order valence-electron chi connectivity index (χ2n) is 5.04. The van der Waals surface area contributed by atoms with Gasteiger partial charge in [0.2, 0.25) is 0 Å². The zero-order valence-electron chi connectivity index (χ0n) is 12.3. The van der Waals surface area contributed by atoms with Gasteiger partial charge in [-0.1, -0.05) is 24.7 Å². The molecule has 1 aromatic heterocycles. The van der Waals surface area contributed by atoms with Crippen LogP contribution in [0.3, 0.4) is 0 Å². The lowest BCUT2D eigenvalue weighted by atomic mass is 10.1. The number of pyridine rings is 1. The standard InChI is InChI=1S/C16H23N3O/c1-17-16-11-15(18-9-10-20-2)14(12-19-16)8-7-13-5-3-4-6-13/h11-13H,3-6,9-10H2,1-2H3,(H2,17,18,19). The molecule has 0 saturated heterocycles. The molecular formula is C16H23N3O. The normalized spacial score (nSPS) is 14.7. The van der Waals surface area contributed by atoms with Gasteiger partial charge in [0.1, 0.15) is 5.82 Å². The molecule has 2 N–H and O–H groups in total. The number of nitrogens with one attached hydrogen (secondary N) is 2. The van der Waals surface area contributed by atoms with Gasteiger partial charge in [0.15, 0.2) is 0 Å². The lowest BCUT2D eigenvalue weighted by Crippen LogP contribution is -2.09. The van der Waals surface area contributed by atoms with E-state index < -0.39 is 0 Å². The minimum atomic E-state index is 0.561. The van der Waals surface area contributed by atoms with Crippen molar-refractivity contribution >= 4 is 11.5 Å². The summed E-state index contributed by atoms with van der Waals surface area (Å²) in [7, 11) is 3.57. The number of nitrogens with zero attached hydrogens (tertiary/aromatic N) is 1. The number of ether oxygens (including phenoxy) is 1. The van der Waals surface area contributed by atoms with Gasteiger partial charge in [-0.05, 0) is 12.8 Å². The summed E-state index contributed by atoms with van der Waals surface area (Å²) in [5.41, 5.74) is 1.99. The van der Waals surface area contributed by atoms with Crippen molar-refractivity contribution in [2.24, 2.45) is 5.92 Å². The summed E-state index contributed by atoms with van der Waals surface area (Å²) in [5.74, 6) is 8.08. The molecule has 0 atom stereocenters. The summed E-state index contributed by atoms with van der Waals surface area (Å²) in [6, 6.07) is 1.99. The van der Waals surface area contributed by atoms with Crippen LogP contribution in [-0.4, -0.2) is 32.3 Å². The van der Waals surface area contributed by atoms with E-state index in [1.807, 2.05) is 19.3 Å². The SMILES string of the molecule is CNc1cc(NCCOC)c(C#CC2CCCC2)cn1. The van der Waals surface area contributed by atoms with Gasteiger partial charge in [-0.3, -0.25) is 0 Å². The summed E-state index contributed by atoms with van der Waals surface area (Å²) in [4.78, 5) is 4.35. The molecule has 0 spiro atoms. The van der Waals surface area contributed by atoms with Crippen LogP contribution in [0.1, 0.15) is 31.2 Å². The van der Waals surface area contributed by atoms with Crippen LogP contribution in [0.4, 0.5) is 11.5 Å². The van der Waals surface area contributed by atoms with Crippen LogP contribution in [0.5, 0.6) is 0 Å². The van der Waals surface area contributed by atoms with Gasteiger partial charge in [-0.25, -0.2) is 4.98 Å². The molecule has 108 valence electrons. The molecule has 0 radical (unpaired) electrons. The molecule has 1 aromatic rings. The third-order valence-corrected chi connectivity index (χ3v) is 3.55. The molecule has 1 aliphatic carbocycles. The number of hydrogen-bond donors (Lipinski definition) is 2. The highest BCUT2D eigenvalue weighted by Crippen LogP contribution is 2.24. The van der Waals surface area contributed by atoms with E-state index in [0.717, 1.165) is 23.6 Å². The second kappa shape index (κ2) is 7.76. The summed E-state index contributed by atoms with van der Waals surface area (Å²) in [6.45, 7) is 1.44. The van der Waals surface area contributed by atoms with Crippen LogP contribution < -0.4 is 10.6 Å². The number of anilines is 2. The average molecular weight is 273 g/mol. The van der Waals surface area contributed by atoms with Crippen molar-refractivity contribution in [1.29, 1.82) is 0 Å². The highest BCUT2D eigenvalue weighted by atomic mass is 16.5. The third-order valence-electron chi connectivity index (χ3n) is 3.55. The van der Waals surface area contributed by atoms with E-state index in [1.54, 1.807) is 7.11 Å². The maximum absolute atomic E-state index is 5.07. The largest absolute Gasteiger partial charge is 0.383 e. The predicted molar refractivity (Wildman–Crippen MR) is 83.0 cm³/mol. The van der Waals surface area contributed by atoms with Crippen molar-refractivity contribution in [3.63, 3.8) is 0 Å². The zero-order valence-corrected chi connectivity index (χ0v) is 12.3. The summed E-state index contributed by atoms with van der Waals surface area (Å²) in [5, 5.41) is 6.41. The van der Waals surface area contributed by atoms with Crippen LogP contribution in [0.25, 0.3) is 0 Å². The fourth-order valence-corrected chi connectivity index (χ4v) is 2.38. The molecule has 0 unspecified atom stereocenters. The van der Waals surface area contributed by atoms with E-state index in [1.165, 1.54) is 25.7 Å². The molecule has 0 aliphatic heterocycles. The first kappa shape index (κ1) is 14.7. The quantitative estimate of drug-likeness (QED) is 0.639. The Hall–Kier alpha value is -1.73. The molecular weight excluding hydrogens is 250 g/mol. The summed E-state index contributed by atoms with van der Waals surface area (Å²) < 4.78 is 5.07. The fourth-order valence-electron chi connectivity index (χ4n) is 2.38. The van der Waals surface area contributed by atoms with E-state index in [0.29, 0.717) is 12.5 Å². The van der Waals surface area contributed by atoms with E-state index in [2.05, 4.69) is 27.5 Å². The Morgan fingerprint density at radius 3 is 2.90 bits per heavy atom. The highest BCUT2D eigenvalue weighted by molar-refractivity contribution is 5.62. The molecule has 20 heavy (non-hydrogen) atoms. The molecule has 2 rings (SSSR count). The summed E-state index contributed by atoms with van der Waals surface area (Å²) in [6.07, 6.45) is 6.94. The maximum Gasteiger partial charge on any atom is 0.127 e. The van der Waals surface area contributed by atoms with Crippen molar-refractivity contribution < 1.29 is 4.74 Å². The van der Waals surface area contributed by atoms with Crippen LogP contribution in [0.15, 0.2) is 12.3 Å². The van der Waals surface area contributed by atoms with E-state index >= 15 is 0 Å². The molecule has 1 fully saturated rings. The van der Waals surface area contributed by atoms with Crippen LogP contribution in [-0.2, 0) is 4.74 Å². The number of rotatable bonds is 5. The molecule has 4 nitrogen and oxygen atoms in total. The van der Waals surface area contributed by atoms with Gasteiger partial charge in [0.25, 0.3) is 0 Å². The highest BCUT2D eigenvalue weighted by Gasteiger charge is 2.11. The van der Waals surface area contributed by atoms with Gasteiger partial charge >= 0.3 is 0 Å². The monoisotopic (exact) mass is 273 g/mol. The van der Waals surface area contributed by atoms with E-state index in [9.17, 15) is 0 Å². The Morgan fingerprint density at radius 2 is 2.20 bits per heavy atom. The third kappa shape index (κ3) is 4.14.